The number of thioether (sulfide) groups is 2. The van der Waals surface area contributed by atoms with Crippen LogP contribution >= 0.6 is 23.5 Å². The molecule has 1 aromatic carbocycles. The van der Waals surface area contributed by atoms with Crippen LogP contribution in [0.2, 0.25) is 0 Å². The average molecular weight is 959 g/mol. The molecule has 14 nitrogen and oxygen atoms in total. The van der Waals surface area contributed by atoms with Gasteiger partial charge in [-0.05, 0) is 55.6 Å². The molecule has 0 radical (unpaired) electrons. The summed E-state index contributed by atoms with van der Waals surface area (Å²) in [5.41, 5.74) is 19.7. The van der Waals surface area contributed by atoms with E-state index in [1.165, 1.54) is 113 Å². The third kappa shape index (κ3) is 20.9. The van der Waals surface area contributed by atoms with Gasteiger partial charge >= 0.3 is 0 Å². The van der Waals surface area contributed by atoms with Gasteiger partial charge in [-0.25, -0.2) is 0 Å². The lowest BCUT2D eigenvalue weighted by molar-refractivity contribution is -0.148. The normalized spacial score (nSPS) is 18.6. The van der Waals surface area contributed by atoms with Crippen molar-refractivity contribution in [3.8, 4) is 0 Å². The van der Waals surface area contributed by atoms with E-state index >= 15 is 0 Å². The van der Waals surface area contributed by atoms with E-state index in [-0.39, 0.29) is 42.1 Å². The fraction of sp³-hybridized carbons (Fsp3) is 0.760. The van der Waals surface area contributed by atoms with Crippen molar-refractivity contribution in [1.82, 2.24) is 25.8 Å². The van der Waals surface area contributed by atoms with Crippen LogP contribution in [0.1, 0.15) is 167 Å². The van der Waals surface area contributed by atoms with Gasteiger partial charge in [0.25, 0.3) is 0 Å². The summed E-state index contributed by atoms with van der Waals surface area (Å²) >= 11 is 3.05. The van der Waals surface area contributed by atoms with Gasteiger partial charge in [-0.1, -0.05) is 135 Å². The Bertz CT molecular complexity index is 1640. The Labute approximate surface area is 405 Å². The standard InChI is InChI=1S/C50H86N8O6S2/c1-5-6-7-8-9-10-11-12-13-14-15-16-17-18-19-26-45(59)55-39-30-44(48(62)54-4)58(31-39)50(64)43-25-22-29-57(43)49(63)42(28-27-36(2)3)56-47(61)41(52)35-66-33-38-24-21-20-23-37(38)32-65-34-40(51)46(53)60/h20-21,23-24,36,39-44H,5-19,22,25-35,51-52H2,1-4H3,(H2,53,60)(H,54,62)(H,55,59)(H,56,61)/t39-,40-,41-,42-,43+,44-/m0/s1. The fourth-order valence-corrected chi connectivity index (χ4v) is 10.9. The molecule has 374 valence electrons. The van der Waals surface area contributed by atoms with E-state index in [2.05, 4.69) is 36.7 Å². The predicted octanol–water partition coefficient (Wildman–Crippen LogP) is 6.30. The maximum absolute atomic E-state index is 14.4. The highest BCUT2D eigenvalue weighted by atomic mass is 32.2. The van der Waals surface area contributed by atoms with Crippen LogP contribution in [0.4, 0.5) is 0 Å². The number of hydrogen-bond acceptors (Lipinski definition) is 10. The number of unbranched alkanes of at least 4 members (excludes halogenated alkanes) is 14. The zero-order valence-electron chi connectivity index (χ0n) is 40.8. The summed E-state index contributed by atoms with van der Waals surface area (Å²) in [4.78, 5) is 82.9. The SMILES string of the molecule is CCCCCCCCCCCCCCCCCC(=O)N[C@H]1C[C@@H](C(=O)NC)N(C(=O)[C@H]2CCCN2C(=O)[C@H](CCC(C)C)NC(=O)[C@@H](N)CSCc2ccccc2CSC[C@H](N)C(N)=O)C1. The molecule has 0 saturated carbocycles. The number of nitrogens with two attached hydrogens (primary N) is 3. The highest BCUT2D eigenvalue weighted by Crippen LogP contribution is 2.28. The van der Waals surface area contributed by atoms with Gasteiger partial charge in [-0.15, -0.1) is 0 Å². The molecular weight excluding hydrogens is 873 g/mol. The van der Waals surface area contributed by atoms with E-state index in [0.717, 1.165) is 30.4 Å². The van der Waals surface area contributed by atoms with Crippen molar-refractivity contribution in [3.63, 3.8) is 0 Å². The van der Waals surface area contributed by atoms with Gasteiger partial charge in [0, 0.05) is 55.6 Å². The molecule has 3 rings (SSSR count). The molecule has 1 aromatic rings. The number of rotatable bonds is 34. The van der Waals surface area contributed by atoms with Crippen LogP contribution < -0.4 is 33.2 Å². The summed E-state index contributed by atoms with van der Waals surface area (Å²) in [5.74, 6) is 0.300. The summed E-state index contributed by atoms with van der Waals surface area (Å²) < 4.78 is 0. The minimum absolute atomic E-state index is 0.0686. The molecule has 2 fully saturated rings. The molecule has 0 bridgehead atoms. The number of carbonyl (C=O) groups is 6. The largest absolute Gasteiger partial charge is 0.368 e. The first-order chi connectivity index (χ1) is 31.8. The molecule has 9 N–H and O–H groups in total. The maximum Gasteiger partial charge on any atom is 0.246 e. The van der Waals surface area contributed by atoms with Gasteiger partial charge in [0.05, 0.1) is 12.1 Å². The zero-order valence-corrected chi connectivity index (χ0v) is 42.5. The van der Waals surface area contributed by atoms with Crippen molar-refractivity contribution in [2.24, 2.45) is 23.1 Å². The molecule has 6 amide bonds. The summed E-state index contributed by atoms with van der Waals surface area (Å²) in [6, 6.07) is 3.57. The molecule has 66 heavy (non-hydrogen) atoms. The number of amides is 6. The van der Waals surface area contributed by atoms with Crippen molar-refractivity contribution in [2.45, 2.75) is 203 Å². The molecule has 2 heterocycles. The van der Waals surface area contributed by atoms with E-state index in [1.807, 2.05) is 24.3 Å². The highest BCUT2D eigenvalue weighted by molar-refractivity contribution is 7.98. The Hall–Kier alpha value is -3.34. The highest BCUT2D eigenvalue weighted by Gasteiger charge is 2.46. The molecule has 2 aliphatic heterocycles. The molecule has 0 aromatic heterocycles. The topological polar surface area (TPSA) is 223 Å². The molecule has 0 aliphatic carbocycles. The number of carbonyl (C=O) groups excluding carboxylic acids is 6. The Balaban J connectivity index is 1.49. The fourth-order valence-electron chi connectivity index (χ4n) is 8.86. The van der Waals surface area contributed by atoms with Gasteiger partial charge in [0.1, 0.15) is 18.1 Å². The number of likely N-dealkylation sites (N-methyl/N-ethyl adjacent to an activating group) is 1. The lowest BCUT2D eigenvalue weighted by Crippen LogP contribution is -2.57. The van der Waals surface area contributed by atoms with Crippen LogP contribution in [0.3, 0.4) is 0 Å². The Kier molecular flexibility index (Phi) is 28.0. The van der Waals surface area contributed by atoms with E-state index in [1.54, 1.807) is 4.90 Å². The summed E-state index contributed by atoms with van der Waals surface area (Å²) in [6.45, 7) is 6.91. The summed E-state index contributed by atoms with van der Waals surface area (Å²) in [6.07, 6.45) is 21.7. The summed E-state index contributed by atoms with van der Waals surface area (Å²) in [5, 5.41) is 8.72. The number of nitrogens with zero attached hydrogens (tertiary/aromatic N) is 2. The molecular formula is C50H86N8O6S2. The smallest absolute Gasteiger partial charge is 0.246 e. The molecule has 0 unspecified atom stereocenters. The lowest BCUT2D eigenvalue weighted by atomic mass is 10.0. The summed E-state index contributed by atoms with van der Waals surface area (Å²) in [7, 11) is 1.54. The van der Waals surface area contributed by atoms with Gasteiger partial charge in [-0.3, -0.25) is 28.8 Å². The van der Waals surface area contributed by atoms with E-state index in [0.29, 0.717) is 68.1 Å². The molecule has 6 atom stereocenters. The van der Waals surface area contributed by atoms with Crippen LogP contribution in [0.25, 0.3) is 0 Å². The molecule has 16 heteroatoms. The third-order valence-electron chi connectivity index (χ3n) is 12.9. The van der Waals surface area contributed by atoms with Crippen LogP contribution in [0, 0.1) is 5.92 Å². The number of benzene rings is 1. The third-order valence-corrected chi connectivity index (χ3v) is 15.1. The number of nitrogens with one attached hydrogen (secondary N) is 3. The van der Waals surface area contributed by atoms with Crippen molar-refractivity contribution in [2.75, 3.05) is 31.6 Å². The second-order valence-corrected chi connectivity index (χ2v) is 21.0. The monoisotopic (exact) mass is 959 g/mol. The molecule has 2 aliphatic rings. The van der Waals surface area contributed by atoms with Crippen molar-refractivity contribution in [1.29, 1.82) is 0 Å². The zero-order chi connectivity index (χ0) is 48.3. The predicted molar refractivity (Wildman–Crippen MR) is 270 cm³/mol. The first-order valence-electron chi connectivity index (χ1n) is 25.2. The second-order valence-electron chi connectivity index (χ2n) is 19.0. The van der Waals surface area contributed by atoms with Crippen LogP contribution in [0.15, 0.2) is 24.3 Å². The van der Waals surface area contributed by atoms with E-state index in [9.17, 15) is 28.8 Å². The minimum atomic E-state index is -0.875. The first kappa shape index (κ1) is 57.0. The number of hydrogen-bond donors (Lipinski definition) is 6. The van der Waals surface area contributed by atoms with Crippen LogP contribution in [-0.4, -0.2) is 113 Å². The van der Waals surface area contributed by atoms with Gasteiger partial charge in [-0.2, -0.15) is 23.5 Å². The first-order valence-corrected chi connectivity index (χ1v) is 27.5. The Morgan fingerprint density at radius 1 is 0.742 bits per heavy atom. The van der Waals surface area contributed by atoms with Crippen LogP contribution in [-0.2, 0) is 40.3 Å². The minimum Gasteiger partial charge on any atom is -0.368 e. The van der Waals surface area contributed by atoms with Gasteiger partial charge < -0.3 is 43.0 Å². The molecule has 0 spiro atoms. The van der Waals surface area contributed by atoms with Crippen LogP contribution in [0.5, 0.6) is 0 Å². The number of likely N-dealkylation sites (tertiary alicyclic amines) is 2. The lowest BCUT2D eigenvalue weighted by Gasteiger charge is -2.33. The number of primary amides is 1. The average Bonchev–Trinajstić information content (AvgIpc) is 3.97. The Morgan fingerprint density at radius 3 is 1.82 bits per heavy atom. The van der Waals surface area contributed by atoms with Gasteiger partial charge in [0.2, 0.25) is 35.4 Å². The quantitative estimate of drug-likeness (QED) is 0.0423. The van der Waals surface area contributed by atoms with Gasteiger partial charge in [0.15, 0.2) is 0 Å². The Morgan fingerprint density at radius 2 is 1.29 bits per heavy atom. The van der Waals surface area contributed by atoms with Crippen molar-refractivity contribution < 1.29 is 28.8 Å². The van der Waals surface area contributed by atoms with Crippen molar-refractivity contribution >= 4 is 59.0 Å². The van der Waals surface area contributed by atoms with E-state index in [4.69, 9.17) is 17.2 Å². The van der Waals surface area contributed by atoms with Crippen molar-refractivity contribution in [3.05, 3.63) is 35.4 Å². The second kappa shape index (κ2) is 32.4. The maximum atomic E-state index is 14.4. The van der Waals surface area contributed by atoms with E-state index < -0.39 is 42.0 Å². The molecule has 2 saturated heterocycles.